The Kier molecular flexibility index (Phi) is 5.37. The second kappa shape index (κ2) is 8.64. The molecule has 2 aliphatic heterocycles. The molecule has 0 radical (unpaired) electrons. The van der Waals surface area contributed by atoms with Crippen LogP contribution in [0.5, 0.6) is 0 Å². The van der Waals surface area contributed by atoms with E-state index in [-0.39, 0.29) is 11.3 Å². The van der Waals surface area contributed by atoms with Crippen LogP contribution in [0.3, 0.4) is 0 Å². The molecule has 2 amide bonds. The van der Waals surface area contributed by atoms with E-state index in [1.807, 2.05) is 17.0 Å². The Hall–Kier alpha value is -2.82. The quantitative estimate of drug-likeness (QED) is 0.633. The van der Waals surface area contributed by atoms with Crippen LogP contribution in [-0.2, 0) is 17.8 Å². The number of amides is 2. The number of hydrogen-bond donors (Lipinski definition) is 0. The molecule has 5 fully saturated rings. The molecule has 6 aliphatic rings. The van der Waals surface area contributed by atoms with Gasteiger partial charge in [-0.15, -0.1) is 0 Å². The zero-order valence-electron chi connectivity index (χ0n) is 21.2. The zero-order valence-corrected chi connectivity index (χ0v) is 21.2. The molecule has 4 bridgehead atoms. The van der Waals surface area contributed by atoms with Crippen LogP contribution in [0.25, 0.3) is 0 Å². The average molecular weight is 484 g/mol. The molecule has 0 unspecified atom stereocenters. The van der Waals surface area contributed by atoms with E-state index in [0.29, 0.717) is 32.1 Å². The summed E-state index contributed by atoms with van der Waals surface area (Å²) in [7, 11) is 0. The van der Waals surface area contributed by atoms with Gasteiger partial charge in [0.25, 0.3) is 5.91 Å². The molecule has 0 aromatic heterocycles. The van der Waals surface area contributed by atoms with Gasteiger partial charge < -0.3 is 14.7 Å². The van der Waals surface area contributed by atoms with E-state index in [4.69, 9.17) is 0 Å². The summed E-state index contributed by atoms with van der Waals surface area (Å²) in [6.45, 7) is 4.56. The smallest absolute Gasteiger partial charge is 0.253 e. The predicted molar refractivity (Wildman–Crippen MR) is 141 cm³/mol. The minimum Gasteiger partial charge on any atom is -0.367 e. The van der Waals surface area contributed by atoms with Gasteiger partial charge in [-0.3, -0.25) is 9.59 Å². The van der Waals surface area contributed by atoms with Crippen LogP contribution in [0.2, 0.25) is 0 Å². The SMILES string of the molecule is O=C(c1ccc(N2CCc3ccccc3C2)cc1)N1CCN(C(=O)C23CC4CC(CC(C4)C2)C3)CC1. The molecular formula is C31H37N3O2. The molecule has 2 aromatic carbocycles. The second-order valence-electron chi connectivity index (χ2n) is 12.3. The fourth-order valence-corrected chi connectivity index (χ4v) is 8.53. The van der Waals surface area contributed by atoms with Crippen molar-refractivity contribution in [3.63, 3.8) is 0 Å². The third kappa shape index (κ3) is 3.82. The highest BCUT2D eigenvalue weighted by Gasteiger charge is 2.55. The fraction of sp³-hybridized carbons (Fsp3) is 0.548. The Balaban J connectivity index is 0.970. The molecule has 0 atom stereocenters. The normalized spacial score (nSPS) is 30.9. The molecule has 36 heavy (non-hydrogen) atoms. The molecule has 8 rings (SSSR count). The van der Waals surface area contributed by atoms with Gasteiger partial charge in [0, 0.05) is 50.5 Å². The number of piperazine rings is 1. The first-order chi connectivity index (χ1) is 17.6. The molecule has 4 aliphatic carbocycles. The molecule has 0 N–H and O–H groups in total. The number of carbonyl (C=O) groups is 2. The number of carbonyl (C=O) groups excluding carboxylic acids is 2. The van der Waals surface area contributed by atoms with Crippen LogP contribution >= 0.6 is 0 Å². The largest absolute Gasteiger partial charge is 0.367 e. The molecule has 0 spiro atoms. The minimum atomic E-state index is -0.0777. The number of nitrogens with zero attached hydrogens (tertiary/aromatic N) is 3. The monoisotopic (exact) mass is 483 g/mol. The molecule has 2 aromatic rings. The maximum absolute atomic E-state index is 13.7. The second-order valence-corrected chi connectivity index (χ2v) is 12.3. The van der Waals surface area contributed by atoms with E-state index < -0.39 is 0 Å². The molecule has 5 nitrogen and oxygen atoms in total. The summed E-state index contributed by atoms with van der Waals surface area (Å²) in [5.41, 5.74) is 4.68. The number of benzene rings is 2. The fourth-order valence-electron chi connectivity index (χ4n) is 8.53. The van der Waals surface area contributed by atoms with Crippen LogP contribution in [0.1, 0.15) is 60.0 Å². The third-order valence-electron chi connectivity index (χ3n) is 9.96. The lowest BCUT2D eigenvalue weighted by Crippen LogP contribution is -2.58. The van der Waals surface area contributed by atoms with Gasteiger partial charge >= 0.3 is 0 Å². The van der Waals surface area contributed by atoms with Gasteiger partial charge in [0.2, 0.25) is 5.91 Å². The van der Waals surface area contributed by atoms with E-state index in [0.717, 1.165) is 62.1 Å². The molecule has 1 saturated heterocycles. The van der Waals surface area contributed by atoms with Gasteiger partial charge in [-0.05, 0) is 98.1 Å². The van der Waals surface area contributed by atoms with Gasteiger partial charge in [-0.25, -0.2) is 0 Å². The van der Waals surface area contributed by atoms with Crippen LogP contribution in [0.4, 0.5) is 5.69 Å². The van der Waals surface area contributed by atoms with Crippen molar-refractivity contribution < 1.29 is 9.59 Å². The maximum Gasteiger partial charge on any atom is 0.253 e. The van der Waals surface area contributed by atoms with Crippen molar-refractivity contribution in [3.05, 3.63) is 65.2 Å². The Morgan fingerprint density at radius 2 is 1.28 bits per heavy atom. The van der Waals surface area contributed by atoms with Crippen LogP contribution < -0.4 is 4.90 Å². The first-order valence-corrected chi connectivity index (χ1v) is 14.1. The molecule has 5 heteroatoms. The summed E-state index contributed by atoms with van der Waals surface area (Å²) in [6.07, 6.45) is 8.49. The number of rotatable bonds is 3. The molecule has 188 valence electrons. The number of anilines is 1. The Morgan fingerprint density at radius 3 is 1.92 bits per heavy atom. The van der Waals surface area contributed by atoms with E-state index in [9.17, 15) is 9.59 Å². The van der Waals surface area contributed by atoms with Crippen molar-refractivity contribution in [1.82, 2.24) is 9.80 Å². The lowest BCUT2D eigenvalue weighted by atomic mass is 9.49. The van der Waals surface area contributed by atoms with Crippen molar-refractivity contribution in [1.29, 1.82) is 0 Å². The molecule has 4 saturated carbocycles. The van der Waals surface area contributed by atoms with Gasteiger partial charge in [0.15, 0.2) is 0 Å². The summed E-state index contributed by atoms with van der Waals surface area (Å²) in [5.74, 6) is 2.84. The lowest BCUT2D eigenvalue weighted by Gasteiger charge is -2.57. The highest BCUT2D eigenvalue weighted by Crippen LogP contribution is 2.60. The van der Waals surface area contributed by atoms with Crippen molar-refractivity contribution in [2.45, 2.75) is 51.5 Å². The van der Waals surface area contributed by atoms with E-state index >= 15 is 0 Å². The van der Waals surface area contributed by atoms with Crippen molar-refractivity contribution >= 4 is 17.5 Å². The van der Waals surface area contributed by atoms with Gasteiger partial charge in [-0.2, -0.15) is 0 Å². The average Bonchev–Trinajstić information content (AvgIpc) is 2.91. The van der Waals surface area contributed by atoms with Crippen molar-refractivity contribution in [2.24, 2.45) is 23.2 Å². The van der Waals surface area contributed by atoms with E-state index in [1.54, 1.807) is 0 Å². The third-order valence-corrected chi connectivity index (χ3v) is 9.96. The summed E-state index contributed by atoms with van der Waals surface area (Å²) in [5, 5.41) is 0. The number of hydrogen-bond acceptors (Lipinski definition) is 3. The van der Waals surface area contributed by atoms with Crippen molar-refractivity contribution in [3.8, 4) is 0 Å². The summed E-state index contributed by atoms with van der Waals surface area (Å²) in [6, 6.07) is 16.8. The summed E-state index contributed by atoms with van der Waals surface area (Å²) >= 11 is 0. The zero-order chi connectivity index (χ0) is 24.3. The standard InChI is InChI=1S/C31H37N3O2/c35-29(26-5-7-28(8-6-26)34-10-9-25-3-1-2-4-27(25)21-34)32-11-13-33(14-12-32)30(36)31-18-22-15-23(19-31)17-24(16-22)20-31/h1-8,22-24H,9-21H2. The first kappa shape index (κ1) is 22.4. The van der Waals surface area contributed by atoms with Crippen molar-refractivity contribution in [2.75, 3.05) is 37.6 Å². The topological polar surface area (TPSA) is 43.9 Å². The Labute approximate surface area is 214 Å². The highest BCUT2D eigenvalue weighted by molar-refractivity contribution is 5.95. The Bertz CT molecular complexity index is 1130. The summed E-state index contributed by atoms with van der Waals surface area (Å²) < 4.78 is 0. The van der Waals surface area contributed by atoms with E-state index in [2.05, 4.69) is 46.2 Å². The molecule has 2 heterocycles. The van der Waals surface area contributed by atoms with Crippen LogP contribution in [-0.4, -0.2) is 54.3 Å². The van der Waals surface area contributed by atoms with Crippen LogP contribution in [0.15, 0.2) is 48.5 Å². The lowest BCUT2D eigenvalue weighted by molar-refractivity contribution is -0.159. The maximum atomic E-state index is 13.7. The Morgan fingerprint density at radius 1 is 0.694 bits per heavy atom. The predicted octanol–water partition coefficient (Wildman–Crippen LogP) is 4.75. The first-order valence-electron chi connectivity index (χ1n) is 14.1. The van der Waals surface area contributed by atoms with Gasteiger partial charge in [-0.1, -0.05) is 24.3 Å². The highest BCUT2D eigenvalue weighted by atomic mass is 16.2. The minimum absolute atomic E-state index is 0.0777. The number of fused-ring (bicyclic) bond motifs is 1. The van der Waals surface area contributed by atoms with Gasteiger partial charge in [0.1, 0.15) is 0 Å². The van der Waals surface area contributed by atoms with Crippen LogP contribution in [0, 0.1) is 23.2 Å². The summed E-state index contributed by atoms with van der Waals surface area (Å²) in [4.78, 5) is 33.4. The molecular weight excluding hydrogens is 446 g/mol. The van der Waals surface area contributed by atoms with Gasteiger partial charge in [0.05, 0.1) is 5.41 Å². The van der Waals surface area contributed by atoms with E-state index in [1.165, 1.54) is 36.1 Å².